The van der Waals surface area contributed by atoms with E-state index in [1.807, 2.05) is 0 Å². The van der Waals surface area contributed by atoms with Crippen LogP contribution in [-0.4, -0.2) is 6.54 Å². The summed E-state index contributed by atoms with van der Waals surface area (Å²) in [6.45, 7) is 7.83. The van der Waals surface area contributed by atoms with Gasteiger partial charge in [0, 0.05) is 9.61 Å². The second-order valence-electron chi connectivity index (χ2n) is 4.96. The van der Waals surface area contributed by atoms with Gasteiger partial charge in [-0.2, -0.15) is 0 Å². The lowest BCUT2D eigenvalue weighted by Gasteiger charge is -2.20. The van der Waals surface area contributed by atoms with Crippen molar-refractivity contribution >= 4 is 22.6 Å². The minimum absolute atomic E-state index is 0.520. The summed E-state index contributed by atoms with van der Waals surface area (Å²) in [5, 5.41) is 3.61. The first-order valence-corrected chi connectivity index (χ1v) is 7.70. The van der Waals surface area contributed by atoms with Crippen molar-refractivity contribution in [3.8, 4) is 0 Å². The molecule has 0 radical (unpaired) electrons. The zero-order valence-electron chi connectivity index (χ0n) is 11.2. The molecule has 0 aliphatic carbocycles. The van der Waals surface area contributed by atoms with E-state index in [4.69, 9.17) is 0 Å². The third kappa shape index (κ3) is 5.38. The molecule has 0 saturated heterocycles. The van der Waals surface area contributed by atoms with Crippen molar-refractivity contribution in [1.29, 1.82) is 0 Å². The van der Waals surface area contributed by atoms with E-state index in [9.17, 15) is 0 Å². The fourth-order valence-electron chi connectivity index (χ4n) is 2.10. The smallest absolute Gasteiger partial charge is 0.0330 e. The average molecular weight is 345 g/mol. The molecule has 1 atom stereocenters. The van der Waals surface area contributed by atoms with E-state index < -0.39 is 0 Å². The van der Waals surface area contributed by atoms with Crippen LogP contribution in [0.3, 0.4) is 0 Å². The van der Waals surface area contributed by atoms with Gasteiger partial charge in [0.25, 0.3) is 0 Å². The molecule has 0 aliphatic heterocycles. The van der Waals surface area contributed by atoms with Crippen LogP contribution in [-0.2, 0) is 0 Å². The second-order valence-corrected chi connectivity index (χ2v) is 6.12. The van der Waals surface area contributed by atoms with E-state index in [1.165, 1.54) is 28.4 Å². The fraction of sp³-hybridized carbons (Fsp3) is 0.600. The van der Waals surface area contributed by atoms with Gasteiger partial charge in [-0.25, -0.2) is 0 Å². The Morgan fingerprint density at radius 2 is 1.88 bits per heavy atom. The Balaban J connectivity index is 2.62. The Bertz CT molecular complexity index is 322. The van der Waals surface area contributed by atoms with Crippen molar-refractivity contribution in [3.05, 3.63) is 33.4 Å². The number of rotatable bonds is 7. The van der Waals surface area contributed by atoms with Crippen LogP contribution in [0, 0.1) is 9.49 Å². The quantitative estimate of drug-likeness (QED) is 0.702. The molecule has 1 nitrogen and oxygen atoms in total. The van der Waals surface area contributed by atoms with Gasteiger partial charge in [0.2, 0.25) is 0 Å². The molecule has 0 aromatic heterocycles. The predicted octanol–water partition coefficient (Wildman–Crippen LogP) is 4.77. The molecule has 0 amide bonds. The number of hydrogen-bond acceptors (Lipinski definition) is 1. The molecule has 0 heterocycles. The summed E-state index contributed by atoms with van der Waals surface area (Å²) in [7, 11) is 0. The van der Waals surface area contributed by atoms with Gasteiger partial charge >= 0.3 is 0 Å². The summed E-state index contributed by atoms with van der Waals surface area (Å²) in [6, 6.07) is 9.23. The highest BCUT2D eigenvalue weighted by atomic mass is 127. The van der Waals surface area contributed by atoms with Gasteiger partial charge in [0.15, 0.2) is 0 Å². The van der Waals surface area contributed by atoms with Crippen molar-refractivity contribution in [2.75, 3.05) is 6.54 Å². The lowest BCUT2D eigenvalue weighted by atomic mass is 9.98. The zero-order chi connectivity index (χ0) is 12.7. The number of hydrogen-bond donors (Lipinski definition) is 1. The van der Waals surface area contributed by atoms with Crippen molar-refractivity contribution in [1.82, 2.24) is 5.32 Å². The van der Waals surface area contributed by atoms with E-state index in [-0.39, 0.29) is 0 Å². The zero-order valence-corrected chi connectivity index (χ0v) is 13.3. The predicted molar refractivity (Wildman–Crippen MR) is 84.3 cm³/mol. The summed E-state index contributed by atoms with van der Waals surface area (Å²) in [5.74, 6) is 0.812. The first-order chi connectivity index (χ1) is 8.15. The third-order valence-electron chi connectivity index (χ3n) is 3.01. The molecule has 1 unspecified atom stereocenters. The van der Waals surface area contributed by atoms with Crippen LogP contribution in [0.25, 0.3) is 0 Å². The van der Waals surface area contributed by atoms with Gasteiger partial charge in [0.1, 0.15) is 0 Å². The summed E-state index contributed by atoms with van der Waals surface area (Å²) >= 11 is 2.44. The topological polar surface area (TPSA) is 12.0 Å². The van der Waals surface area contributed by atoms with Crippen molar-refractivity contribution in [3.63, 3.8) is 0 Å². The van der Waals surface area contributed by atoms with Crippen LogP contribution in [0.2, 0.25) is 0 Å². The second kappa shape index (κ2) is 8.09. The largest absolute Gasteiger partial charge is 0.310 e. The molecule has 0 spiro atoms. The van der Waals surface area contributed by atoms with E-state index in [0.717, 1.165) is 12.5 Å². The molecular weight excluding hydrogens is 321 g/mol. The van der Waals surface area contributed by atoms with Crippen LogP contribution < -0.4 is 5.32 Å². The molecule has 1 N–H and O–H groups in total. The molecule has 0 aliphatic rings. The number of nitrogens with one attached hydrogen (secondary N) is 1. The van der Waals surface area contributed by atoms with Crippen LogP contribution in [0.1, 0.15) is 51.6 Å². The molecule has 0 bridgehead atoms. The fourth-order valence-corrected chi connectivity index (χ4v) is 2.87. The van der Waals surface area contributed by atoms with Crippen LogP contribution >= 0.6 is 22.6 Å². The Morgan fingerprint density at radius 1 is 1.18 bits per heavy atom. The van der Waals surface area contributed by atoms with E-state index in [1.54, 1.807) is 0 Å². The maximum Gasteiger partial charge on any atom is 0.0330 e. The first kappa shape index (κ1) is 15.0. The maximum atomic E-state index is 3.61. The Labute approximate surface area is 120 Å². The molecular formula is C15H24IN. The van der Waals surface area contributed by atoms with E-state index >= 15 is 0 Å². The van der Waals surface area contributed by atoms with E-state index in [2.05, 4.69) is 72.9 Å². The minimum Gasteiger partial charge on any atom is -0.310 e. The van der Waals surface area contributed by atoms with Gasteiger partial charge < -0.3 is 5.32 Å². The maximum absolute atomic E-state index is 3.61. The third-order valence-corrected chi connectivity index (χ3v) is 3.99. The lowest BCUT2D eigenvalue weighted by molar-refractivity contribution is 0.454. The average Bonchev–Trinajstić information content (AvgIpc) is 2.28. The summed E-state index contributed by atoms with van der Waals surface area (Å²) < 4.78 is 1.38. The molecule has 17 heavy (non-hydrogen) atoms. The van der Waals surface area contributed by atoms with Gasteiger partial charge in [-0.1, -0.05) is 51.8 Å². The summed E-state index contributed by atoms with van der Waals surface area (Å²) in [5.41, 5.74) is 1.46. The normalized spacial score (nSPS) is 13.0. The van der Waals surface area contributed by atoms with E-state index in [0.29, 0.717) is 6.04 Å². The standard InChI is InChI=1S/C15H24IN/c1-4-17-15(11-7-8-12(2)3)13-9-5-6-10-14(13)16/h5-6,9-10,12,15,17H,4,7-8,11H2,1-3H3. The molecule has 1 aromatic rings. The first-order valence-electron chi connectivity index (χ1n) is 6.63. The summed E-state index contributed by atoms with van der Waals surface area (Å²) in [4.78, 5) is 0. The van der Waals surface area contributed by atoms with Gasteiger partial charge in [-0.05, 0) is 53.1 Å². The van der Waals surface area contributed by atoms with Gasteiger partial charge in [0.05, 0.1) is 0 Å². The monoisotopic (exact) mass is 345 g/mol. The highest BCUT2D eigenvalue weighted by molar-refractivity contribution is 14.1. The van der Waals surface area contributed by atoms with Crippen LogP contribution in [0.5, 0.6) is 0 Å². The van der Waals surface area contributed by atoms with Crippen LogP contribution in [0.15, 0.2) is 24.3 Å². The Hall–Kier alpha value is -0.0900. The number of benzene rings is 1. The summed E-state index contributed by atoms with van der Waals surface area (Å²) in [6.07, 6.45) is 3.87. The molecule has 0 saturated carbocycles. The molecule has 0 fully saturated rings. The lowest BCUT2D eigenvalue weighted by Crippen LogP contribution is -2.21. The SMILES string of the molecule is CCNC(CCCC(C)C)c1ccccc1I. The molecule has 96 valence electrons. The number of halogens is 1. The Morgan fingerprint density at radius 3 is 2.47 bits per heavy atom. The molecule has 1 aromatic carbocycles. The van der Waals surface area contributed by atoms with Crippen molar-refractivity contribution in [2.24, 2.45) is 5.92 Å². The highest BCUT2D eigenvalue weighted by Gasteiger charge is 2.12. The van der Waals surface area contributed by atoms with Crippen molar-refractivity contribution < 1.29 is 0 Å². The van der Waals surface area contributed by atoms with Gasteiger partial charge in [-0.15, -0.1) is 0 Å². The molecule has 2 heteroatoms. The van der Waals surface area contributed by atoms with Crippen molar-refractivity contribution in [2.45, 2.75) is 46.1 Å². The Kier molecular flexibility index (Phi) is 7.12. The molecule has 1 rings (SSSR count). The highest BCUT2D eigenvalue weighted by Crippen LogP contribution is 2.24. The van der Waals surface area contributed by atoms with Crippen LogP contribution in [0.4, 0.5) is 0 Å². The van der Waals surface area contributed by atoms with Gasteiger partial charge in [-0.3, -0.25) is 0 Å². The minimum atomic E-state index is 0.520.